The fourth-order valence-corrected chi connectivity index (χ4v) is 4.78. The summed E-state index contributed by atoms with van der Waals surface area (Å²) >= 11 is 0. The van der Waals surface area contributed by atoms with E-state index in [0.29, 0.717) is 23.5 Å². The van der Waals surface area contributed by atoms with E-state index in [0.717, 1.165) is 5.76 Å². The van der Waals surface area contributed by atoms with Crippen molar-refractivity contribution in [2.24, 2.45) is 0 Å². The molecule has 2 heterocycles. The zero-order valence-corrected chi connectivity index (χ0v) is 15.1. The highest BCUT2D eigenvalue weighted by Crippen LogP contribution is 2.24. The number of carbonyl (C=O) groups is 1. The lowest BCUT2D eigenvalue weighted by Gasteiger charge is -2.27. The van der Waals surface area contributed by atoms with E-state index in [4.69, 9.17) is 9.15 Å². The van der Waals surface area contributed by atoms with Gasteiger partial charge in [0.05, 0.1) is 25.2 Å². The third-order valence-corrected chi connectivity index (χ3v) is 6.10. The molecular formula is C18H21NO5S. The molecule has 0 spiro atoms. The first-order valence-corrected chi connectivity index (χ1v) is 9.91. The number of aryl methyl sites for hydroxylation is 1. The molecule has 1 saturated heterocycles. The number of carbonyl (C=O) groups excluding carboxylic acids is 1. The molecule has 0 bridgehead atoms. The minimum Gasteiger partial charge on any atom is -0.497 e. The van der Waals surface area contributed by atoms with Crippen molar-refractivity contribution < 1.29 is 22.4 Å². The lowest BCUT2D eigenvalue weighted by atomic mass is 10.1. The highest BCUT2D eigenvalue weighted by atomic mass is 32.2. The van der Waals surface area contributed by atoms with Gasteiger partial charge in [-0.1, -0.05) is 6.07 Å². The van der Waals surface area contributed by atoms with Crippen LogP contribution in [0.4, 0.5) is 0 Å². The normalized spacial score (nSPS) is 18.9. The third kappa shape index (κ3) is 4.04. The Labute approximate surface area is 147 Å². The summed E-state index contributed by atoms with van der Waals surface area (Å²) in [6.07, 6.45) is 0.442. The molecule has 1 aromatic heterocycles. The van der Waals surface area contributed by atoms with Crippen molar-refractivity contribution >= 4 is 15.7 Å². The van der Waals surface area contributed by atoms with Crippen LogP contribution in [0.3, 0.4) is 0 Å². The number of ether oxygens (including phenoxy) is 1. The summed E-state index contributed by atoms with van der Waals surface area (Å²) < 4.78 is 34.5. The van der Waals surface area contributed by atoms with Gasteiger partial charge in [-0.2, -0.15) is 0 Å². The van der Waals surface area contributed by atoms with Gasteiger partial charge in [0.1, 0.15) is 17.3 Å². The first-order chi connectivity index (χ1) is 11.9. The van der Waals surface area contributed by atoms with Crippen LogP contribution in [0.15, 0.2) is 40.8 Å². The standard InChI is InChI=1S/C18H21NO5S/c1-13-6-7-17(24-13)11-19(15-8-9-25(21,22)12-15)18(20)14-4-3-5-16(10-14)23-2/h3-7,10,15H,8-9,11-12H2,1-2H3/t15-/m0/s1. The average Bonchev–Trinajstić information content (AvgIpc) is 3.17. The zero-order chi connectivity index (χ0) is 18.0. The minimum atomic E-state index is -3.11. The first kappa shape index (κ1) is 17.5. The highest BCUT2D eigenvalue weighted by Gasteiger charge is 2.35. The van der Waals surface area contributed by atoms with Crippen molar-refractivity contribution in [2.75, 3.05) is 18.6 Å². The average molecular weight is 363 g/mol. The molecule has 1 fully saturated rings. The Balaban J connectivity index is 1.90. The Kier molecular flexibility index (Phi) is 4.85. The van der Waals surface area contributed by atoms with Gasteiger partial charge in [0, 0.05) is 11.6 Å². The van der Waals surface area contributed by atoms with Crippen molar-refractivity contribution in [1.82, 2.24) is 4.90 Å². The molecule has 1 aliphatic heterocycles. The number of hydrogen-bond acceptors (Lipinski definition) is 5. The summed E-state index contributed by atoms with van der Waals surface area (Å²) in [6.45, 7) is 2.07. The Bertz CT molecular complexity index is 871. The largest absolute Gasteiger partial charge is 0.497 e. The van der Waals surface area contributed by atoms with Gasteiger partial charge in [-0.25, -0.2) is 8.42 Å². The first-order valence-electron chi connectivity index (χ1n) is 8.09. The third-order valence-electron chi connectivity index (χ3n) is 4.35. The van der Waals surface area contributed by atoms with Crippen LogP contribution in [0.5, 0.6) is 5.75 Å². The fraction of sp³-hybridized carbons (Fsp3) is 0.389. The summed E-state index contributed by atoms with van der Waals surface area (Å²) in [6, 6.07) is 10.2. The van der Waals surface area contributed by atoms with Crippen LogP contribution in [0, 0.1) is 6.92 Å². The lowest BCUT2D eigenvalue weighted by Crippen LogP contribution is -2.40. The van der Waals surface area contributed by atoms with E-state index in [9.17, 15) is 13.2 Å². The number of hydrogen-bond donors (Lipinski definition) is 0. The van der Waals surface area contributed by atoms with Crippen LogP contribution in [0.1, 0.15) is 28.3 Å². The van der Waals surface area contributed by atoms with E-state index in [-0.39, 0.29) is 30.0 Å². The maximum absolute atomic E-state index is 13.1. The number of sulfone groups is 1. The molecule has 2 aromatic rings. The summed E-state index contributed by atoms with van der Waals surface area (Å²) in [7, 11) is -1.57. The molecule has 25 heavy (non-hydrogen) atoms. The number of benzene rings is 1. The van der Waals surface area contributed by atoms with Gasteiger partial charge < -0.3 is 14.1 Å². The SMILES string of the molecule is COc1cccc(C(=O)N(Cc2ccc(C)o2)[C@H]2CCS(=O)(=O)C2)c1. The van der Waals surface area contributed by atoms with Crippen LogP contribution in [0.2, 0.25) is 0 Å². The molecule has 6 nitrogen and oxygen atoms in total. The van der Waals surface area contributed by atoms with E-state index in [1.807, 2.05) is 19.1 Å². The molecule has 134 valence electrons. The molecular weight excluding hydrogens is 342 g/mol. The van der Waals surface area contributed by atoms with Crippen LogP contribution in [0.25, 0.3) is 0 Å². The van der Waals surface area contributed by atoms with E-state index in [2.05, 4.69) is 0 Å². The molecule has 0 aliphatic carbocycles. The van der Waals surface area contributed by atoms with Crippen LogP contribution in [-0.2, 0) is 16.4 Å². The zero-order valence-electron chi connectivity index (χ0n) is 14.3. The summed E-state index contributed by atoms with van der Waals surface area (Å²) in [5, 5.41) is 0. The van der Waals surface area contributed by atoms with Gasteiger partial charge in [-0.3, -0.25) is 4.79 Å². The predicted molar refractivity (Wildman–Crippen MR) is 93.4 cm³/mol. The van der Waals surface area contributed by atoms with E-state index in [1.54, 1.807) is 29.2 Å². The molecule has 1 atom stereocenters. The van der Waals surface area contributed by atoms with Crippen molar-refractivity contribution in [1.29, 1.82) is 0 Å². The Morgan fingerprint density at radius 2 is 2.12 bits per heavy atom. The highest BCUT2D eigenvalue weighted by molar-refractivity contribution is 7.91. The molecule has 0 radical (unpaired) electrons. The molecule has 7 heteroatoms. The maximum atomic E-state index is 13.1. The van der Waals surface area contributed by atoms with Gasteiger partial charge in [-0.05, 0) is 43.7 Å². The fourth-order valence-electron chi connectivity index (χ4n) is 3.05. The second-order valence-electron chi connectivity index (χ2n) is 6.23. The molecule has 1 amide bonds. The number of rotatable bonds is 5. The minimum absolute atomic E-state index is 0.0115. The van der Waals surface area contributed by atoms with E-state index in [1.165, 1.54) is 7.11 Å². The second-order valence-corrected chi connectivity index (χ2v) is 8.46. The van der Waals surface area contributed by atoms with Crippen LogP contribution in [-0.4, -0.2) is 43.9 Å². The number of methoxy groups -OCH3 is 1. The van der Waals surface area contributed by atoms with Crippen molar-refractivity contribution in [3.8, 4) is 5.75 Å². The topological polar surface area (TPSA) is 76.8 Å². The van der Waals surface area contributed by atoms with Crippen molar-refractivity contribution in [2.45, 2.75) is 25.9 Å². The van der Waals surface area contributed by atoms with Crippen molar-refractivity contribution in [3.63, 3.8) is 0 Å². The quantitative estimate of drug-likeness (QED) is 0.815. The summed E-state index contributed by atoms with van der Waals surface area (Å²) in [5.74, 6) is 1.84. The Morgan fingerprint density at radius 1 is 1.32 bits per heavy atom. The summed E-state index contributed by atoms with van der Waals surface area (Å²) in [4.78, 5) is 14.7. The smallest absolute Gasteiger partial charge is 0.254 e. The van der Waals surface area contributed by atoms with Gasteiger partial charge in [0.15, 0.2) is 9.84 Å². The monoisotopic (exact) mass is 363 g/mol. The number of nitrogens with zero attached hydrogens (tertiary/aromatic N) is 1. The molecule has 1 aromatic carbocycles. The predicted octanol–water partition coefficient (Wildman–Crippen LogP) is 2.43. The Hall–Kier alpha value is -2.28. The second kappa shape index (κ2) is 6.92. The van der Waals surface area contributed by atoms with Gasteiger partial charge in [0.2, 0.25) is 0 Å². The number of furan rings is 1. The maximum Gasteiger partial charge on any atom is 0.254 e. The van der Waals surface area contributed by atoms with E-state index >= 15 is 0 Å². The lowest BCUT2D eigenvalue weighted by molar-refractivity contribution is 0.0665. The Morgan fingerprint density at radius 3 is 2.72 bits per heavy atom. The van der Waals surface area contributed by atoms with Gasteiger partial charge >= 0.3 is 0 Å². The van der Waals surface area contributed by atoms with Crippen LogP contribution >= 0.6 is 0 Å². The van der Waals surface area contributed by atoms with E-state index < -0.39 is 9.84 Å². The molecule has 3 rings (SSSR count). The van der Waals surface area contributed by atoms with Gasteiger partial charge in [0.25, 0.3) is 5.91 Å². The molecule has 1 aliphatic rings. The molecule has 0 N–H and O–H groups in total. The molecule has 0 unspecified atom stereocenters. The summed E-state index contributed by atoms with van der Waals surface area (Å²) in [5.41, 5.74) is 0.465. The number of amides is 1. The van der Waals surface area contributed by atoms with Crippen molar-refractivity contribution in [3.05, 3.63) is 53.5 Å². The molecule has 0 saturated carbocycles. The van der Waals surface area contributed by atoms with Crippen LogP contribution < -0.4 is 4.74 Å². The van der Waals surface area contributed by atoms with Gasteiger partial charge in [-0.15, -0.1) is 0 Å².